The van der Waals surface area contributed by atoms with Gasteiger partial charge in [-0.1, -0.05) is 13.8 Å². The van der Waals surface area contributed by atoms with Crippen molar-refractivity contribution in [2.75, 3.05) is 6.61 Å². The van der Waals surface area contributed by atoms with Gasteiger partial charge in [-0.25, -0.2) is 0 Å². The molecule has 4 aliphatic rings. The van der Waals surface area contributed by atoms with Crippen LogP contribution in [-0.4, -0.2) is 28.7 Å². The summed E-state index contributed by atoms with van der Waals surface area (Å²) in [5, 5.41) is 20.4. The number of hydrogen-bond donors (Lipinski definition) is 2. The summed E-state index contributed by atoms with van der Waals surface area (Å²) in [5.41, 5.74) is -0.139. The molecule has 0 aromatic rings. The summed E-state index contributed by atoms with van der Waals surface area (Å²) in [7, 11) is 0. The smallest absolute Gasteiger partial charge is 0.138 e. The number of ketones is 1. The molecule has 25 heavy (non-hydrogen) atoms. The van der Waals surface area contributed by atoms with E-state index in [9.17, 15) is 15.0 Å². The Morgan fingerprint density at radius 1 is 1.00 bits per heavy atom. The van der Waals surface area contributed by atoms with Crippen LogP contribution >= 0.6 is 0 Å². The molecular weight excluding hydrogens is 312 g/mol. The zero-order valence-electron chi connectivity index (χ0n) is 16.3. The molecule has 0 aromatic carbocycles. The Hall–Kier alpha value is -0.410. The van der Waals surface area contributed by atoms with E-state index in [0.29, 0.717) is 23.2 Å². The van der Waals surface area contributed by atoms with E-state index in [1.807, 2.05) is 0 Å². The van der Waals surface area contributed by atoms with E-state index < -0.39 is 5.41 Å². The average Bonchev–Trinajstić information content (AvgIpc) is 2.89. The van der Waals surface area contributed by atoms with Gasteiger partial charge < -0.3 is 10.2 Å². The van der Waals surface area contributed by atoms with Crippen molar-refractivity contribution in [1.82, 2.24) is 0 Å². The second kappa shape index (κ2) is 5.79. The first-order valence-electron chi connectivity index (χ1n) is 10.6. The largest absolute Gasteiger partial charge is 0.395 e. The van der Waals surface area contributed by atoms with Crippen LogP contribution in [0.15, 0.2) is 0 Å². The fraction of sp³-hybridized carbons (Fsp3) is 0.955. The van der Waals surface area contributed by atoms with Crippen molar-refractivity contribution in [2.24, 2.45) is 39.9 Å². The van der Waals surface area contributed by atoms with Gasteiger partial charge in [-0.15, -0.1) is 0 Å². The normalized spacial score (nSPS) is 55.2. The van der Waals surface area contributed by atoms with Crippen LogP contribution < -0.4 is 0 Å². The Morgan fingerprint density at radius 3 is 2.40 bits per heavy atom. The van der Waals surface area contributed by atoms with E-state index in [1.165, 1.54) is 25.7 Å². The quantitative estimate of drug-likeness (QED) is 0.794. The summed E-state index contributed by atoms with van der Waals surface area (Å²) in [4.78, 5) is 12.6. The molecule has 3 heteroatoms. The first kappa shape index (κ1) is 18.0. The lowest BCUT2D eigenvalue weighted by Crippen LogP contribution is -2.57. The highest BCUT2D eigenvalue weighted by Gasteiger charge is 2.66. The number of carbonyl (C=O) groups excluding carboxylic acids is 1. The summed E-state index contributed by atoms with van der Waals surface area (Å²) in [6.45, 7) is 6.55. The molecular formula is C22H36O3. The molecule has 4 rings (SSSR count). The molecule has 0 spiro atoms. The number of aliphatic hydroxyl groups is 2. The van der Waals surface area contributed by atoms with Gasteiger partial charge in [0.1, 0.15) is 5.78 Å². The predicted octanol–water partition coefficient (Wildman–Crippen LogP) is 3.96. The minimum atomic E-state index is -0.497. The molecule has 142 valence electrons. The van der Waals surface area contributed by atoms with Crippen molar-refractivity contribution in [3.05, 3.63) is 0 Å². The average molecular weight is 349 g/mol. The van der Waals surface area contributed by atoms with Crippen LogP contribution in [0.2, 0.25) is 0 Å². The van der Waals surface area contributed by atoms with Crippen LogP contribution in [0.5, 0.6) is 0 Å². The summed E-state index contributed by atoms with van der Waals surface area (Å²) in [5.74, 6) is 2.94. The molecule has 3 nitrogen and oxygen atoms in total. The van der Waals surface area contributed by atoms with Crippen LogP contribution in [-0.2, 0) is 4.79 Å². The van der Waals surface area contributed by atoms with Crippen molar-refractivity contribution in [2.45, 2.75) is 84.7 Å². The van der Waals surface area contributed by atoms with Crippen LogP contribution in [0.4, 0.5) is 0 Å². The van der Waals surface area contributed by atoms with Gasteiger partial charge in [0.15, 0.2) is 0 Å². The van der Waals surface area contributed by atoms with Gasteiger partial charge in [-0.05, 0) is 99.2 Å². The molecule has 4 saturated carbocycles. The lowest BCUT2D eigenvalue weighted by Gasteiger charge is -2.62. The molecule has 0 bridgehead atoms. The Balaban J connectivity index is 1.65. The van der Waals surface area contributed by atoms with Gasteiger partial charge in [-0.3, -0.25) is 4.79 Å². The molecule has 0 unspecified atom stereocenters. The first-order chi connectivity index (χ1) is 11.8. The predicted molar refractivity (Wildman–Crippen MR) is 97.9 cm³/mol. The van der Waals surface area contributed by atoms with E-state index in [2.05, 4.69) is 13.8 Å². The molecule has 4 aliphatic carbocycles. The molecule has 4 fully saturated rings. The highest BCUT2D eigenvalue weighted by atomic mass is 16.3. The van der Waals surface area contributed by atoms with Crippen LogP contribution in [0.25, 0.3) is 0 Å². The third-order valence-electron chi connectivity index (χ3n) is 9.95. The molecule has 8 atom stereocenters. The van der Waals surface area contributed by atoms with Crippen LogP contribution in [0.1, 0.15) is 78.6 Å². The van der Waals surface area contributed by atoms with E-state index in [0.717, 1.165) is 38.0 Å². The monoisotopic (exact) mass is 348 g/mol. The Kier molecular flexibility index (Phi) is 4.16. The number of carbonyl (C=O) groups is 1. The third-order valence-corrected chi connectivity index (χ3v) is 9.95. The highest BCUT2D eigenvalue weighted by molar-refractivity contribution is 5.84. The zero-order valence-corrected chi connectivity index (χ0v) is 16.3. The molecule has 0 amide bonds. The maximum absolute atomic E-state index is 12.6. The molecule has 0 aliphatic heterocycles. The standard InChI is InChI=1S/C22H36O3/c1-14(24)22(13-23)11-8-19-17-5-4-15-12-16(25)6-9-20(15,2)18(17)7-10-21(19,22)3/h15-19,23,25H,4-13H2,1-3H3/t15-,16-,17+,18-,19-,20-,21-,22-/m0/s1. The van der Waals surface area contributed by atoms with Gasteiger partial charge in [-0.2, -0.15) is 0 Å². The van der Waals surface area contributed by atoms with E-state index >= 15 is 0 Å². The van der Waals surface area contributed by atoms with E-state index in [-0.39, 0.29) is 23.9 Å². The van der Waals surface area contributed by atoms with Crippen molar-refractivity contribution in [3.8, 4) is 0 Å². The number of Topliss-reactive ketones (excluding diaryl/α,β-unsaturated/α-hetero) is 1. The second-order valence-corrected chi connectivity index (χ2v) is 10.4. The Bertz CT molecular complexity index is 559. The van der Waals surface area contributed by atoms with E-state index in [4.69, 9.17) is 0 Å². The summed E-state index contributed by atoms with van der Waals surface area (Å²) >= 11 is 0. The van der Waals surface area contributed by atoms with Gasteiger partial charge in [0.05, 0.1) is 18.1 Å². The van der Waals surface area contributed by atoms with Crippen molar-refractivity contribution in [3.63, 3.8) is 0 Å². The van der Waals surface area contributed by atoms with Gasteiger partial charge in [0.2, 0.25) is 0 Å². The highest BCUT2D eigenvalue weighted by Crippen LogP contribution is 2.70. The molecule has 0 heterocycles. The number of aliphatic hydroxyl groups excluding tert-OH is 2. The minimum absolute atomic E-state index is 0.0217. The minimum Gasteiger partial charge on any atom is -0.395 e. The third kappa shape index (κ3) is 2.21. The fourth-order valence-corrected chi connectivity index (χ4v) is 8.32. The Labute approximate surface area is 152 Å². The van der Waals surface area contributed by atoms with Gasteiger partial charge in [0, 0.05) is 0 Å². The fourth-order valence-electron chi connectivity index (χ4n) is 8.32. The van der Waals surface area contributed by atoms with Gasteiger partial charge in [0.25, 0.3) is 0 Å². The van der Waals surface area contributed by atoms with Crippen LogP contribution in [0.3, 0.4) is 0 Å². The topological polar surface area (TPSA) is 57.5 Å². The maximum Gasteiger partial charge on any atom is 0.138 e. The van der Waals surface area contributed by atoms with Crippen molar-refractivity contribution < 1.29 is 15.0 Å². The Morgan fingerprint density at radius 2 is 1.72 bits per heavy atom. The lowest BCUT2D eigenvalue weighted by molar-refractivity contribution is -0.157. The summed E-state index contributed by atoms with van der Waals surface area (Å²) < 4.78 is 0. The number of hydrogen-bond acceptors (Lipinski definition) is 3. The van der Waals surface area contributed by atoms with Crippen molar-refractivity contribution in [1.29, 1.82) is 0 Å². The summed E-state index contributed by atoms with van der Waals surface area (Å²) in [6, 6.07) is 0. The van der Waals surface area contributed by atoms with Crippen LogP contribution in [0, 0.1) is 39.9 Å². The maximum atomic E-state index is 12.6. The SMILES string of the molecule is CC(=O)[C@@]1(CO)CC[C@H]2[C@@H]3CC[C@H]4C[C@@H](O)CC[C@]4(C)[C@H]3CC[C@@]21C. The number of fused-ring (bicyclic) bond motifs is 5. The molecule has 2 N–H and O–H groups in total. The lowest BCUT2D eigenvalue weighted by atomic mass is 9.43. The second-order valence-electron chi connectivity index (χ2n) is 10.4. The first-order valence-corrected chi connectivity index (χ1v) is 10.6. The van der Waals surface area contributed by atoms with Crippen molar-refractivity contribution >= 4 is 5.78 Å². The van der Waals surface area contributed by atoms with E-state index in [1.54, 1.807) is 6.92 Å². The molecule has 0 saturated heterocycles. The zero-order chi connectivity index (χ0) is 18.0. The number of rotatable bonds is 2. The summed E-state index contributed by atoms with van der Waals surface area (Å²) in [6.07, 6.45) is 9.83. The molecule has 0 radical (unpaired) electrons. The van der Waals surface area contributed by atoms with Gasteiger partial charge >= 0.3 is 0 Å². The molecule has 0 aromatic heterocycles.